The van der Waals surface area contributed by atoms with Gasteiger partial charge in [-0.1, -0.05) is 12.1 Å². The zero-order valence-electron chi connectivity index (χ0n) is 15.1. The lowest BCUT2D eigenvalue weighted by Crippen LogP contribution is -2.05. The van der Waals surface area contributed by atoms with Crippen LogP contribution in [0.15, 0.2) is 42.5 Å². The second-order valence-corrected chi connectivity index (χ2v) is 5.95. The third-order valence-corrected chi connectivity index (χ3v) is 3.68. The zero-order valence-corrected chi connectivity index (χ0v) is 15.1. The minimum atomic E-state index is -0.487. The number of hydrogen-bond donors (Lipinski definition) is 1. The quantitative estimate of drug-likeness (QED) is 0.489. The molecule has 136 valence electrons. The summed E-state index contributed by atoms with van der Waals surface area (Å²) in [6.45, 7) is 5.12. The Balaban J connectivity index is 2.04. The van der Waals surface area contributed by atoms with Crippen LogP contribution in [0.25, 0.3) is 6.08 Å². The second kappa shape index (κ2) is 8.97. The predicted molar refractivity (Wildman–Crippen MR) is 99.1 cm³/mol. The molecule has 5 heteroatoms. The largest absolute Gasteiger partial charge is 0.426 e. The zero-order chi connectivity index (χ0) is 19.1. The van der Waals surface area contributed by atoms with Crippen LogP contribution in [0, 0.1) is 13.8 Å². The number of aliphatic hydroxyl groups excluding tert-OH is 1. The van der Waals surface area contributed by atoms with E-state index in [1.165, 1.54) is 13.0 Å². The number of benzene rings is 2. The van der Waals surface area contributed by atoms with Crippen molar-refractivity contribution >= 4 is 18.0 Å². The van der Waals surface area contributed by atoms with Gasteiger partial charge in [0.1, 0.15) is 11.5 Å². The first-order chi connectivity index (χ1) is 12.4. The molecule has 0 spiro atoms. The molecule has 2 rings (SSSR count). The van der Waals surface area contributed by atoms with E-state index < -0.39 is 5.97 Å². The molecule has 0 aromatic heterocycles. The highest BCUT2D eigenvalue weighted by atomic mass is 16.5. The second-order valence-electron chi connectivity index (χ2n) is 5.95. The van der Waals surface area contributed by atoms with E-state index >= 15 is 0 Å². The van der Waals surface area contributed by atoms with Gasteiger partial charge in [-0.3, -0.25) is 4.79 Å². The Morgan fingerprint density at radius 1 is 1.04 bits per heavy atom. The summed E-state index contributed by atoms with van der Waals surface area (Å²) in [6, 6.07) is 10.7. The Bertz CT molecular complexity index is 796. The topological polar surface area (TPSA) is 72.8 Å². The molecular weight excluding hydrogens is 332 g/mol. The van der Waals surface area contributed by atoms with E-state index in [0.717, 1.165) is 22.3 Å². The standard InChI is InChI=1S/C21H22O5/c1-14-12-18(13-15(2)21(14)25-16(3)23)6-9-20(24)26-19-7-4-17(5-8-19)10-11-22/h4-9,12-13,22H,10-11H2,1-3H3/b9-6+. The highest BCUT2D eigenvalue weighted by Crippen LogP contribution is 2.25. The third-order valence-electron chi connectivity index (χ3n) is 3.68. The normalized spacial score (nSPS) is 10.8. The van der Waals surface area contributed by atoms with Gasteiger partial charge < -0.3 is 14.6 Å². The molecule has 0 heterocycles. The summed E-state index contributed by atoms with van der Waals surface area (Å²) in [5.41, 5.74) is 3.41. The monoisotopic (exact) mass is 354 g/mol. The van der Waals surface area contributed by atoms with Gasteiger partial charge in [-0.2, -0.15) is 0 Å². The Morgan fingerprint density at radius 3 is 2.19 bits per heavy atom. The van der Waals surface area contributed by atoms with Gasteiger partial charge in [0.05, 0.1) is 0 Å². The highest BCUT2D eigenvalue weighted by Gasteiger charge is 2.08. The number of carbonyl (C=O) groups excluding carboxylic acids is 2. The lowest BCUT2D eigenvalue weighted by atomic mass is 10.1. The molecule has 0 aliphatic heterocycles. The summed E-state index contributed by atoms with van der Waals surface area (Å²) in [5, 5.41) is 8.89. The van der Waals surface area contributed by atoms with Crippen molar-refractivity contribution in [1.82, 2.24) is 0 Å². The molecular formula is C21H22O5. The number of ether oxygens (including phenoxy) is 2. The summed E-state index contributed by atoms with van der Waals surface area (Å²) < 4.78 is 10.4. The van der Waals surface area contributed by atoms with E-state index in [4.69, 9.17) is 14.6 Å². The molecule has 0 aliphatic rings. The van der Waals surface area contributed by atoms with Crippen LogP contribution >= 0.6 is 0 Å². The van der Waals surface area contributed by atoms with Crippen molar-refractivity contribution in [3.05, 3.63) is 64.7 Å². The molecule has 2 aromatic rings. The van der Waals surface area contributed by atoms with Crippen LogP contribution < -0.4 is 9.47 Å². The molecule has 26 heavy (non-hydrogen) atoms. The summed E-state index contributed by atoms with van der Waals surface area (Å²) in [7, 11) is 0. The summed E-state index contributed by atoms with van der Waals surface area (Å²) in [6.07, 6.45) is 3.57. The van der Waals surface area contributed by atoms with Gasteiger partial charge in [0, 0.05) is 19.6 Å². The number of aliphatic hydroxyl groups is 1. The highest BCUT2D eigenvalue weighted by molar-refractivity contribution is 5.88. The Kier molecular flexibility index (Phi) is 6.69. The number of carbonyl (C=O) groups is 2. The van der Waals surface area contributed by atoms with Gasteiger partial charge in [0.25, 0.3) is 0 Å². The van der Waals surface area contributed by atoms with Crippen LogP contribution in [0.1, 0.15) is 29.2 Å². The van der Waals surface area contributed by atoms with E-state index in [-0.39, 0.29) is 12.6 Å². The fraction of sp³-hybridized carbons (Fsp3) is 0.238. The average Bonchev–Trinajstić information content (AvgIpc) is 2.58. The van der Waals surface area contributed by atoms with Crippen LogP contribution in [-0.2, 0) is 16.0 Å². The molecule has 5 nitrogen and oxygen atoms in total. The first kappa shape index (κ1) is 19.4. The minimum Gasteiger partial charge on any atom is -0.426 e. The molecule has 0 aliphatic carbocycles. The number of rotatable bonds is 6. The first-order valence-corrected chi connectivity index (χ1v) is 8.28. The van der Waals surface area contributed by atoms with Crippen molar-refractivity contribution in [2.45, 2.75) is 27.2 Å². The fourth-order valence-electron chi connectivity index (χ4n) is 2.55. The van der Waals surface area contributed by atoms with Crippen molar-refractivity contribution in [3.8, 4) is 11.5 Å². The van der Waals surface area contributed by atoms with Gasteiger partial charge in [0.15, 0.2) is 0 Å². The van der Waals surface area contributed by atoms with Crippen LogP contribution in [0.3, 0.4) is 0 Å². The van der Waals surface area contributed by atoms with Gasteiger partial charge in [0.2, 0.25) is 0 Å². The summed E-state index contributed by atoms with van der Waals surface area (Å²) >= 11 is 0. The lowest BCUT2D eigenvalue weighted by Gasteiger charge is -2.10. The van der Waals surface area contributed by atoms with Crippen molar-refractivity contribution in [2.24, 2.45) is 0 Å². The van der Waals surface area contributed by atoms with Crippen molar-refractivity contribution < 1.29 is 24.2 Å². The van der Waals surface area contributed by atoms with Crippen molar-refractivity contribution in [2.75, 3.05) is 6.61 Å². The maximum atomic E-state index is 12.0. The Morgan fingerprint density at radius 2 is 1.65 bits per heavy atom. The van der Waals surface area contributed by atoms with E-state index in [9.17, 15) is 9.59 Å². The maximum absolute atomic E-state index is 12.0. The Labute approximate surface area is 152 Å². The lowest BCUT2D eigenvalue weighted by molar-refractivity contribution is -0.132. The van der Waals surface area contributed by atoms with E-state index in [2.05, 4.69) is 0 Å². The molecule has 0 amide bonds. The van der Waals surface area contributed by atoms with Crippen LogP contribution in [0.4, 0.5) is 0 Å². The SMILES string of the molecule is CC(=O)Oc1c(C)cc(/C=C/C(=O)Oc2ccc(CCO)cc2)cc1C. The molecule has 0 unspecified atom stereocenters. The number of esters is 2. The maximum Gasteiger partial charge on any atom is 0.336 e. The molecule has 0 fully saturated rings. The summed E-state index contributed by atoms with van der Waals surface area (Å²) in [5.74, 6) is 0.131. The molecule has 0 bridgehead atoms. The van der Waals surface area contributed by atoms with Crippen molar-refractivity contribution in [1.29, 1.82) is 0 Å². The van der Waals surface area contributed by atoms with Crippen LogP contribution in [0.5, 0.6) is 11.5 Å². The molecule has 0 saturated heterocycles. The van der Waals surface area contributed by atoms with Gasteiger partial charge >= 0.3 is 11.9 Å². The predicted octanol–water partition coefficient (Wildman–Crippen LogP) is 3.38. The van der Waals surface area contributed by atoms with Crippen LogP contribution in [-0.4, -0.2) is 23.7 Å². The molecule has 0 saturated carbocycles. The Hall–Kier alpha value is -2.92. The third kappa shape index (κ3) is 5.57. The van der Waals surface area contributed by atoms with Crippen molar-refractivity contribution in [3.63, 3.8) is 0 Å². The van der Waals surface area contributed by atoms with E-state index in [0.29, 0.717) is 17.9 Å². The van der Waals surface area contributed by atoms with E-state index in [1.54, 1.807) is 18.2 Å². The van der Waals surface area contributed by atoms with Gasteiger partial charge in [-0.05, 0) is 72.9 Å². The summed E-state index contributed by atoms with van der Waals surface area (Å²) in [4.78, 5) is 23.1. The fourth-order valence-corrected chi connectivity index (χ4v) is 2.55. The smallest absolute Gasteiger partial charge is 0.336 e. The molecule has 1 N–H and O–H groups in total. The number of hydrogen-bond acceptors (Lipinski definition) is 5. The van der Waals surface area contributed by atoms with E-state index in [1.807, 2.05) is 38.1 Å². The van der Waals surface area contributed by atoms with Gasteiger partial charge in [-0.25, -0.2) is 4.79 Å². The average molecular weight is 354 g/mol. The van der Waals surface area contributed by atoms with Crippen LogP contribution in [0.2, 0.25) is 0 Å². The van der Waals surface area contributed by atoms with Gasteiger partial charge in [-0.15, -0.1) is 0 Å². The first-order valence-electron chi connectivity index (χ1n) is 8.28. The molecule has 2 aromatic carbocycles. The molecule has 0 atom stereocenters. The minimum absolute atomic E-state index is 0.0803. The number of aryl methyl sites for hydroxylation is 2. The molecule has 0 radical (unpaired) electrons.